The topological polar surface area (TPSA) is 24.5 Å². The minimum absolute atomic E-state index is 0.768. The molecule has 3 heteroatoms. The maximum absolute atomic E-state index is 4.96. The van der Waals surface area contributed by atoms with Crippen LogP contribution in [-0.2, 0) is 11.4 Å². The summed E-state index contributed by atoms with van der Waals surface area (Å²) in [6, 6.07) is 6.68. The van der Waals surface area contributed by atoms with Crippen LogP contribution < -0.4 is 10.4 Å². The monoisotopic (exact) mass is 234 g/mol. The summed E-state index contributed by atoms with van der Waals surface area (Å²) in [7, 11) is 1.66. The van der Waals surface area contributed by atoms with Crippen LogP contribution in [0.4, 0.5) is 5.69 Å². The lowest BCUT2D eigenvalue weighted by Crippen LogP contribution is -2.30. The van der Waals surface area contributed by atoms with Gasteiger partial charge < -0.3 is 9.74 Å². The predicted octanol–water partition coefficient (Wildman–Crippen LogP) is 2.64. The zero-order valence-electron chi connectivity index (χ0n) is 10.8. The number of anilines is 1. The van der Waals surface area contributed by atoms with Gasteiger partial charge in [0.05, 0.1) is 7.11 Å². The zero-order chi connectivity index (χ0) is 12.1. The van der Waals surface area contributed by atoms with Gasteiger partial charge in [-0.15, -0.1) is 0 Å². The molecule has 1 fully saturated rings. The molecular formula is C14H22N2O. The van der Waals surface area contributed by atoms with E-state index in [1.54, 1.807) is 7.11 Å². The summed E-state index contributed by atoms with van der Waals surface area (Å²) in [6.45, 7) is 5.27. The second kappa shape index (κ2) is 6.03. The van der Waals surface area contributed by atoms with Crippen molar-refractivity contribution in [1.29, 1.82) is 0 Å². The molecule has 3 nitrogen and oxygen atoms in total. The van der Waals surface area contributed by atoms with Crippen LogP contribution in [0.3, 0.4) is 0 Å². The molecule has 1 aromatic carbocycles. The van der Waals surface area contributed by atoms with E-state index in [1.165, 1.54) is 49.2 Å². The van der Waals surface area contributed by atoms with Crippen molar-refractivity contribution in [3.63, 3.8) is 0 Å². The normalized spacial score (nSPS) is 16.2. The van der Waals surface area contributed by atoms with Gasteiger partial charge in [0.1, 0.15) is 0 Å². The number of hydrogen-bond acceptors (Lipinski definition) is 3. The zero-order valence-corrected chi connectivity index (χ0v) is 10.8. The van der Waals surface area contributed by atoms with E-state index < -0.39 is 0 Å². The molecular weight excluding hydrogens is 212 g/mol. The molecule has 0 saturated carbocycles. The van der Waals surface area contributed by atoms with Crippen molar-refractivity contribution in [2.75, 3.05) is 25.1 Å². The fraction of sp³-hybridized carbons (Fsp3) is 0.571. The molecule has 0 radical (unpaired) electrons. The van der Waals surface area contributed by atoms with Crippen LogP contribution >= 0.6 is 0 Å². The van der Waals surface area contributed by atoms with Crippen molar-refractivity contribution >= 4 is 5.69 Å². The van der Waals surface area contributed by atoms with Gasteiger partial charge >= 0.3 is 0 Å². The number of piperidine rings is 1. The number of rotatable bonds is 4. The Hall–Kier alpha value is -1.06. The molecule has 1 aromatic rings. The molecule has 1 aliphatic heterocycles. The maximum atomic E-state index is 4.96. The highest BCUT2D eigenvalue weighted by molar-refractivity contribution is 5.55. The first-order valence-electron chi connectivity index (χ1n) is 6.41. The van der Waals surface area contributed by atoms with E-state index in [1.807, 2.05) is 0 Å². The van der Waals surface area contributed by atoms with Gasteiger partial charge in [0.15, 0.2) is 0 Å². The molecule has 2 rings (SSSR count). The molecule has 1 N–H and O–H groups in total. The SMILES string of the molecule is CONCc1cc(C)ccc1N1CCCCC1. The van der Waals surface area contributed by atoms with E-state index in [9.17, 15) is 0 Å². The van der Waals surface area contributed by atoms with E-state index in [0.717, 1.165) is 6.54 Å². The molecule has 1 heterocycles. The largest absolute Gasteiger partial charge is 0.371 e. The summed E-state index contributed by atoms with van der Waals surface area (Å²) < 4.78 is 0. The summed E-state index contributed by atoms with van der Waals surface area (Å²) in [6.07, 6.45) is 3.99. The van der Waals surface area contributed by atoms with Gasteiger partial charge in [0.25, 0.3) is 0 Å². The molecule has 1 aliphatic rings. The molecule has 0 amide bonds. The van der Waals surface area contributed by atoms with E-state index >= 15 is 0 Å². The quantitative estimate of drug-likeness (QED) is 0.811. The van der Waals surface area contributed by atoms with Crippen LogP contribution in [0.5, 0.6) is 0 Å². The van der Waals surface area contributed by atoms with E-state index in [4.69, 9.17) is 4.84 Å². The fourth-order valence-electron chi connectivity index (χ4n) is 2.45. The Morgan fingerprint density at radius 1 is 1.24 bits per heavy atom. The third kappa shape index (κ3) is 3.20. The van der Waals surface area contributed by atoms with Crippen molar-refractivity contribution in [3.8, 4) is 0 Å². The Morgan fingerprint density at radius 3 is 2.71 bits per heavy atom. The lowest BCUT2D eigenvalue weighted by Gasteiger charge is -2.30. The van der Waals surface area contributed by atoms with Gasteiger partial charge in [-0.1, -0.05) is 17.7 Å². The Kier molecular flexibility index (Phi) is 4.40. The van der Waals surface area contributed by atoms with Gasteiger partial charge in [-0.05, 0) is 37.8 Å². The van der Waals surface area contributed by atoms with Crippen LogP contribution in [-0.4, -0.2) is 20.2 Å². The lowest BCUT2D eigenvalue weighted by atomic mass is 10.1. The van der Waals surface area contributed by atoms with Crippen molar-refractivity contribution < 1.29 is 4.84 Å². The Labute approximate surface area is 104 Å². The van der Waals surface area contributed by atoms with Gasteiger partial charge in [-0.3, -0.25) is 0 Å². The highest BCUT2D eigenvalue weighted by Gasteiger charge is 2.14. The Morgan fingerprint density at radius 2 is 2.00 bits per heavy atom. The average Bonchev–Trinajstić information content (AvgIpc) is 2.37. The van der Waals surface area contributed by atoms with Gasteiger partial charge in [0.2, 0.25) is 0 Å². The minimum Gasteiger partial charge on any atom is -0.371 e. The summed E-state index contributed by atoms with van der Waals surface area (Å²) in [5.41, 5.74) is 6.94. The fourth-order valence-corrected chi connectivity index (χ4v) is 2.45. The number of hydrogen-bond donors (Lipinski definition) is 1. The maximum Gasteiger partial charge on any atom is 0.0572 e. The van der Waals surface area contributed by atoms with Crippen molar-refractivity contribution in [2.24, 2.45) is 0 Å². The first kappa shape index (κ1) is 12.4. The predicted molar refractivity (Wildman–Crippen MR) is 71.1 cm³/mol. The first-order valence-corrected chi connectivity index (χ1v) is 6.41. The smallest absolute Gasteiger partial charge is 0.0572 e. The average molecular weight is 234 g/mol. The third-order valence-electron chi connectivity index (χ3n) is 3.34. The molecule has 0 bridgehead atoms. The number of benzene rings is 1. The van der Waals surface area contributed by atoms with Gasteiger partial charge in [-0.2, -0.15) is 5.48 Å². The first-order chi connectivity index (χ1) is 8.31. The van der Waals surface area contributed by atoms with Crippen LogP contribution in [0.15, 0.2) is 18.2 Å². The Balaban J connectivity index is 2.18. The summed E-state index contributed by atoms with van der Waals surface area (Å²) in [4.78, 5) is 7.46. The second-order valence-corrected chi connectivity index (χ2v) is 4.71. The van der Waals surface area contributed by atoms with Crippen molar-refractivity contribution in [3.05, 3.63) is 29.3 Å². The highest BCUT2D eigenvalue weighted by atomic mass is 16.6. The van der Waals surface area contributed by atoms with Crippen molar-refractivity contribution in [2.45, 2.75) is 32.7 Å². The third-order valence-corrected chi connectivity index (χ3v) is 3.34. The molecule has 1 saturated heterocycles. The molecule has 94 valence electrons. The summed E-state index contributed by atoms with van der Waals surface area (Å²) in [5.74, 6) is 0. The molecule has 0 atom stereocenters. The summed E-state index contributed by atoms with van der Waals surface area (Å²) >= 11 is 0. The van der Waals surface area contributed by atoms with E-state index in [2.05, 4.69) is 35.5 Å². The van der Waals surface area contributed by atoms with E-state index in [0.29, 0.717) is 0 Å². The molecule has 0 aliphatic carbocycles. The van der Waals surface area contributed by atoms with Crippen LogP contribution in [0.2, 0.25) is 0 Å². The standard InChI is InChI=1S/C14H22N2O/c1-12-6-7-14(13(10-12)11-15-17-2)16-8-4-3-5-9-16/h6-7,10,15H,3-5,8-9,11H2,1-2H3. The summed E-state index contributed by atoms with van der Waals surface area (Å²) in [5, 5.41) is 0. The Bertz CT molecular complexity index is 359. The number of aryl methyl sites for hydroxylation is 1. The van der Waals surface area contributed by atoms with Crippen LogP contribution in [0, 0.1) is 6.92 Å². The molecule has 17 heavy (non-hydrogen) atoms. The van der Waals surface area contributed by atoms with Crippen LogP contribution in [0.25, 0.3) is 0 Å². The van der Waals surface area contributed by atoms with Crippen molar-refractivity contribution in [1.82, 2.24) is 5.48 Å². The van der Waals surface area contributed by atoms with Gasteiger partial charge in [0, 0.05) is 25.3 Å². The minimum atomic E-state index is 0.768. The highest BCUT2D eigenvalue weighted by Crippen LogP contribution is 2.25. The van der Waals surface area contributed by atoms with Gasteiger partial charge in [-0.25, -0.2) is 0 Å². The number of hydroxylamine groups is 1. The van der Waals surface area contributed by atoms with E-state index in [-0.39, 0.29) is 0 Å². The lowest BCUT2D eigenvalue weighted by molar-refractivity contribution is 0.0868. The molecule has 0 spiro atoms. The number of nitrogens with one attached hydrogen (secondary N) is 1. The molecule has 0 unspecified atom stereocenters. The number of nitrogens with zero attached hydrogens (tertiary/aromatic N) is 1. The second-order valence-electron chi connectivity index (χ2n) is 4.71. The molecule has 0 aromatic heterocycles. The van der Waals surface area contributed by atoms with Crippen LogP contribution in [0.1, 0.15) is 30.4 Å².